The number of para-hydroxylation sites is 1. The Hall–Kier alpha value is -1.88. The van der Waals surface area contributed by atoms with E-state index in [0.29, 0.717) is 17.0 Å². The van der Waals surface area contributed by atoms with Gasteiger partial charge in [0, 0.05) is 12.0 Å². The molecule has 1 aromatic heterocycles. The van der Waals surface area contributed by atoms with E-state index in [1.165, 1.54) is 0 Å². The van der Waals surface area contributed by atoms with E-state index in [9.17, 15) is 4.79 Å². The number of benzene rings is 1. The van der Waals surface area contributed by atoms with Crippen molar-refractivity contribution in [2.45, 2.75) is 37.6 Å². The van der Waals surface area contributed by atoms with Crippen molar-refractivity contribution in [2.24, 2.45) is 11.5 Å². The van der Waals surface area contributed by atoms with Crippen molar-refractivity contribution in [1.29, 1.82) is 0 Å². The molecule has 5 heteroatoms. The summed E-state index contributed by atoms with van der Waals surface area (Å²) in [5.41, 5.74) is 13.4. The Morgan fingerprint density at radius 1 is 1.37 bits per heavy atom. The normalized spacial score (nSPS) is 23.6. The summed E-state index contributed by atoms with van der Waals surface area (Å²) in [6.07, 6.45) is 4.26. The SMILES string of the molecule is NC(=O)c1cccc2[nH]c(C3CCCC(N)C3)nc12. The molecule has 5 N–H and O–H groups in total. The second-order valence-electron chi connectivity index (χ2n) is 5.31. The molecule has 1 aliphatic rings. The lowest BCUT2D eigenvalue weighted by atomic mass is 9.86. The van der Waals surface area contributed by atoms with E-state index in [2.05, 4.69) is 9.97 Å². The largest absolute Gasteiger partial charge is 0.366 e. The summed E-state index contributed by atoms with van der Waals surface area (Å²) in [5.74, 6) is 0.847. The fourth-order valence-electron chi connectivity index (χ4n) is 2.92. The van der Waals surface area contributed by atoms with Crippen molar-refractivity contribution >= 4 is 16.9 Å². The Labute approximate surface area is 111 Å². The van der Waals surface area contributed by atoms with E-state index in [1.807, 2.05) is 12.1 Å². The lowest BCUT2D eigenvalue weighted by Crippen LogP contribution is -2.27. The van der Waals surface area contributed by atoms with Gasteiger partial charge in [-0.2, -0.15) is 0 Å². The predicted octanol–water partition coefficient (Wildman–Crippen LogP) is 1.65. The summed E-state index contributed by atoms with van der Waals surface area (Å²) in [4.78, 5) is 19.3. The van der Waals surface area contributed by atoms with E-state index in [1.54, 1.807) is 6.07 Å². The average Bonchev–Trinajstić information content (AvgIpc) is 2.82. The number of imidazole rings is 1. The maximum Gasteiger partial charge on any atom is 0.250 e. The predicted molar refractivity (Wildman–Crippen MR) is 73.8 cm³/mol. The lowest BCUT2D eigenvalue weighted by Gasteiger charge is -2.24. The molecule has 1 fully saturated rings. The van der Waals surface area contributed by atoms with E-state index in [0.717, 1.165) is 37.0 Å². The minimum atomic E-state index is -0.441. The van der Waals surface area contributed by atoms with Gasteiger partial charge in [-0.15, -0.1) is 0 Å². The monoisotopic (exact) mass is 258 g/mol. The Kier molecular flexibility index (Phi) is 2.98. The topological polar surface area (TPSA) is 97.8 Å². The highest BCUT2D eigenvalue weighted by molar-refractivity contribution is 6.04. The van der Waals surface area contributed by atoms with Crippen LogP contribution < -0.4 is 11.5 Å². The molecule has 0 aliphatic heterocycles. The van der Waals surface area contributed by atoms with Crippen LogP contribution in [-0.4, -0.2) is 21.9 Å². The van der Waals surface area contributed by atoms with E-state index < -0.39 is 5.91 Å². The summed E-state index contributed by atoms with van der Waals surface area (Å²) < 4.78 is 0. The fourth-order valence-corrected chi connectivity index (χ4v) is 2.92. The molecule has 0 spiro atoms. The highest BCUT2D eigenvalue weighted by Gasteiger charge is 2.24. The Balaban J connectivity index is 2.01. The second kappa shape index (κ2) is 4.66. The highest BCUT2D eigenvalue weighted by atomic mass is 16.1. The Morgan fingerprint density at radius 3 is 2.95 bits per heavy atom. The molecular formula is C14H18N4O. The molecule has 1 aromatic carbocycles. The molecule has 1 amide bonds. The summed E-state index contributed by atoms with van der Waals surface area (Å²) in [5, 5.41) is 0. The first-order valence-electron chi connectivity index (χ1n) is 6.69. The molecule has 5 nitrogen and oxygen atoms in total. The number of nitrogens with one attached hydrogen (secondary N) is 1. The number of rotatable bonds is 2. The number of carbonyl (C=O) groups is 1. The van der Waals surface area contributed by atoms with Gasteiger partial charge in [-0.05, 0) is 31.4 Å². The van der Waals surface area contributed by atoms with Crippen LogP contribution in [-0.2, 0) is 0 Å². The Bertz CT molecular complexity index is 619. The lowest BCUT2D eigenvalue weighted by molar-refractivity contribution is 0.100. The molecule has 0 saturated heterocycles. The molecular weight excluding hydrogens is 240 g/mol. The first-order chi connectivity index (χ1) is 9.15. The summed E-state index contributed by atoms with van der Waals surface area (Å²) >= 11 is 0. The molecule has 2 atom stereocenters. The molecule has 2 aromatic rings. The first kappa shape index (κ1) is 12.2. The van der Waals surface area contributed by atoms with E-state index >= 15 is 0 Å². The third-order valence-corrected chi connectivity index (χ3v) is 3.90. The number of nitrogens with two attached hydrogens (primary N) is 2. The van der Waals surface area contributed by atoms with Gasteiger partial charge in [0.25, 0.3) is 5.91 Å². The van der Waals surface area contributed by atoms with Crippen LogP contribution in [0, 0.1) is 0 Å². The van der Waals surface area contributed by atoms with Gasteiger partial charge in [0.2, 0.25) is 0 Å². The summed E-state index contributed by atoms with van der Waals surface area (Å²) in [6, 6.07) is 5.70. The number of aromatic nitrogens is 2. The number of hydrogen-bond acceptors (Lipinski definition) is 3. The van der Waals surface area contributed by atoms with Gasteiger partial charge in [-0.25, -0.2) is 4.98 Å². The van der Waals surface area contributed by atoms with Crippen molar-refractivity contribution in [3.8, 4) is 0 Å². The molecule has 2 unspecified atom stereocenters. The van der Waals surface area contributed by atoms with Crippen molar-refractivity contribution in [3.63, 3.8) is 0 Å². The molecule has 0 radical (unpaired) electrons. The first-order valence-corrected chi connectivity index (χ1v) is 6.69. The molecule has 1 aliphatic carbocycles. The van der Waals surface area contributed by atoms with Gasteiger partial charge in [-0.1, -0.05) is 12.5 Å². The highest BCUT2D eigenvalue weighted by Crippen LogP contribution is 2.32. The van der Waals surface area contributed by atoms with Crippen molar-refractivity contribution in [2.75, 3.05) is 0 Å². The molecule has 3 rings (SSSR count). The number of nitrogens with zero attached hydrogens (tertiary/aromatic N) is 1. The summed E-state index contributed by atoms with van der Waals surface area (Å²) in [7, 11) is 0. The van der Waals surface area contributed by atoms with Crippen LogP contribution in [0.5, 0.6) is 0 Å². The van der Waals surface area contributed by atoms with Gasteiger partial charge < -0.3 is 16.5 Å². The number of hydrogen-bond donors (Lipinski definition) is 3. The van der Waals surface area contributed by atoms with Crippen LogP contribution in [0.2, 0.25) is 0 Å². The number of carbonyl (C=O) groups excluding carboxylic acids is 1. The minimum absolute atomic E-state index is 0.252. The smallest absolute Gasteiger partial charge is 0.250 e. The molecule has 1 heterocycles. The van der Waals surface area contributed by atoms with Gasteiger partial charge in [0.05, 0.1) is 11.1 Å². The van der Waals surface area contributed by atoms with E-state index in [4.69, 9.17) is 11.5 Å². The van der Waals surface area contributed by atoms with Gasteiger partial charge in [0.1, 0.15) is 11.3 Å². The standard InChI is InChI=1S/C14H18N4O/c15-9-4-1-3-8(7-9)14-17-11-6-2-5-10(13(16)19)12(11)18-14/h2,5-6,8-9H,1,3-4,7,15H2,(H2,16,19)(H,17,18). The zero-order valence-corrected chi connectivity index (χ0v) is 10.7. The van der Waals surface area contributed by atoms with Gasteiger partial charge >= 0.3 is 0 Å². The average molecular weight is 258 g/mol. The minimum Gasteiger partial charge on any atom is -0.366 e. The van der Waals surface area contributed by atoms with Crippen LogP contribution in [0.4, 0.5) is 0 Å². The quantitative estimate of drug-likeness (QED) is 0.763. The van der Waals surface area contributed by atoms with Gasteiger partial charge in [0.15, 0.2) is 0 Å². The van der Waals surface area contributed by atoms with Crippen LogP contribution in [0.15, 0.2) is 18.2 Å². The molecule has 100 valence electrons. The van der Waals surface area contributed by atoms with Crippen LogP contribution in [0.3, 0.4) is 0 Å². The number of amides is 1. The third kappa shape index (κ3) is 2.21. The molecule has 0 bridgehead atoms. The molecule has 19 heavy (non-hydrogen) atoms. The summed E-state index contributed by atoms with van der Waals surface area (Å²) in [6.45, 7) is 0. The fraction of sp³-hybridized carbons (Fsp3) is 0.429. The second-order valence-corrected chi connectivity index (χ2v) is 5.31. The van der Waals surface area contributed by atoms with Gasteiger partial charge in [-0.3, -0.25) is 4.79 Å². The zero-order chi connectivity index (χ0) is 13.4. The maximum absolute atomic E-state index is 11.4. The van der Waals surface area contributed by atoms with Crippen molar-refractivity contribution < 1.29 is 4.79 Å². The Morgan fingerprint density at radius 2 is 2.21 bits per heavy atom. The number of fused-ring (bicyclic) bond motifs is 1. The molecule has 1 saturated carbocycles. The number of aromatic amines is 1. The van der Waals surface area contributed by atoms with Crippen LogP contribution in [0.25, 0.3) is 11.0 Å². The maximum atomic E-state index is 11.4. The van der Waals surface area contributed by atoms with E-state index in [-0.39, 0.29) is 6.04 Å². The van der Waals surface area contributed by atoms with Crippen LogP contribution >= 0.6 is 0 Å². The van der Waals surface area contributed by atoms with Crippen molar-refractivity contribution in [1.82, 2.24) is 9.97 Å². The zero-order valence-electron chi connectivity index (χ0n) is 10.7. The van der Waals surface area contributed by atoms with Crippen molar-refractivity contribution in [3.05, 3.63) is 29.6 Å². The number of H-pyrrole nitrogens is 1. The third-order valence-electron chi connectivity index (χ3n) is 3.90. The van der Waals surface area contributed by atoms with Crippen LogP contribution in [0.1, 0.15) is 47.8 Å². The number of primary amides is 1.